The van der Waals surface area contributed by atoms with Crippen LogP contribution in [0.15, 0.2) is 61.1 Å². The molecule has 228 valence electrons. The summed E-state index contributed by atoms with van der Waals surface area (Å²) < 4.78 is 21.6. The minimum absolute atomic E-state index is 0.114. The first kappa shape index (κ1) is 30.2. The third-order valence-corrected chi connectivity index (χ3v) is 7.45. The van der Waals surface area contributed by atoms with Crippen LogP contribution in [0.25, 0.3) is 16.6 Å². The van der Waals surface area contributed by atoms with Gasteiger partial charge in [-0.1, -0.05) is 18.2 Å². The van der Waals surface area contributed by atoms with Crippen LogP contribution in [-0.4, -0.2) is 61.8 Å². The molecule has 1 aliphatic rings. The number of hydrogen-bond donors (Lipinski definition) is 0. The lowest BCUT2D eigenvalue weighted by molar-refractivity contribution is 0.00777. The van der Waals surface area contributed by atoms with Crippen molar-refractivity contribution >= 4 is 23.1 Å². The van der Waals surface area contributed by atoms with Crippen molar-refractivity contribution in [3.05, 3.63) is 77.7 Å². The molecule has 1 saturated heterocycles. The predicted octanol–water partition coefficient (Wildman–Crippen LogP) is 7.40. The highest BCUT2D eigenvalue weighted by Gasteiger charge is 2.36. The molecule has 43 heavy (non-hydrogen) atoms. The van der Waals surface area contributed by atoms with Gasteiger partial charge in [-0.2, -0.15) is 5.10 Å². The normalized spacial score (nSPS) is 17.6. The number of amides is 1. The van der Waals surface area contributed by atoms with E-state index in [0.29, 0.717) is 19.5 Å². The van der Waals surface area contributed by atoms with E-state index in [2.05, 4.69) is 17.2 Å². The van der Waals surface area contributed by atoms with E-state index in [1.165, 1.54) is 0 Å². The zero-order valence-corrected chi connectivity index (χ0v) is 26.4. The molecule has 0 spiro atoms. The quantitative estimate of drug-likeness (QED) is 0.248. The summed E-state index contributed by atoms with van der Waals surface area (Å²) in [6.45, 7) is 16.2. The molecule has 0 aliphatic carbocycles. The van der Waals surface area contributed by atoms with E-state index in [9.17, 15) is 9.59 Å². The van der Waals surface area contributed by atoms with Crippen LogP contribution in [0.3, 0.4) is 0 Å². The zero-order valence-electron chi connectivity index (χ0n) is 26.4. The molecule has 2 aromatic heterocycles. The topological polar surface area (TPSA) is 87.8 Å². The van der Waals surface area contributed by atoms with Crippen LogP contribution in [-0.2, 0) is 9.47 Å². The fraction of sp³-hybridized carbons (Fsp3) is 0.441. The van der Waals surface area contributed by atoms with Crippen LogP contribution in [0, 0.1) is 13.8 Å². The molecule has 2 atom stereocenters. The van der Waals surface area contributed by atoms with Crippen molar-refractivity contribution < 1.29 is 23.8 Å². The van der Waals surface area contributed by atoms with Gasteiger partial charge >= 0.3 is 12.2 Å². The number of rotatable bonds is 4. The second kappa shape index (κ2) is 11.4. The monoisotopic (exact) mass is 586 g/mol. The van der Waals surface area contributed by atoms with Gasteiger partial charge in [0.15, 0.2) is 0 Å². The fourth-order valence-corrected chi connectivity index (χ4v) is 5.64. The van der Waals surface area contributed by atoms with Gasteiger partial charge in [-0.25, -0.2) is 14.3 Å². The van der Waals surface area contributed by atoms with Crippen LogP contribution in [0.5, 0.6) is 5.75 Å². The summed E-state index contributed by atoms with van der Waals surface area (Å²) in [5.74, 6) is 0.619. The fourth-order valence-electron chi connectivity index (χ4n) is 5.64. The number of aromatic nitrogens is 3. The smallest absolute Gasteiger partial charge is 0.419 e. The van der Waals surface area contributed by atoms with Gasteiger partial charge in [0, 0.05) is 49.4 Å². The number of carbonyl (C=O) groups is 2. The highest BCUT2D eigenvalue weighted by Crippen LogP contribution is 2.38. The minimum Gasteiger partial charge on any atom is -0.489 e. The average Bonchev–Trinajstić information content (AvgIpc) is 3.60. The Morgan fingerprint density at radius 2 is 1.56 bits per heavy atom. The van der Waals surface area contributed by atoms with Crippen molar-refractivity contribution in [2.45, 2.75) is 85.0 Å². The lowest BCUT2D eigenvalue weighted by Gasteiger charge is -2.39. The lowest BCUT2D eigenvalue weighted by Crippen LogP contribution is -2.48. The van der Waals surface area contributed by atoms with Gasteiger partial charge in [0.2, 0.25) is 0 Å². The van der Waals surface area contributed by atoms with E-state index in [0.717, 1.165) is 39.0 Å². The molecule has 9 nitrogen and oxygen atoms in total. The van der Waals surface area contributed by atoms with Crippen molar-refractivity contribution in [3.8, 4) is 11.4 Å². The Morgan fingerprint density at radius 1 is 0.884 bits per heavy atom. The molecule has 1 aliphatic heterocycles. The predicted molar refractivity (Wildman–Crippen MR) is 166 cm³/mol. The number of fused-ring (bicyclic) bond motifs is 1. The molecule has 4 aromatic rings. The number of ether oxygens (including phenoxy) is 3. The van der Waals surface area contributed by atoms with Crippen molar-refractivity contribution in [3.63, 3.8) is 0 Å². The second-order valence-electron chi connectivity index (χ2n) is 13.3. The number of piperidine rings is 1. The molecule has 1 amide bonds. The Labute approximate surface area is 253 Å². The highest BCUT2D eigenvalue weighted by molar-refractivity contribution is 5.96. The maximum absolute atomic E-state index is 13.1. The van der Waals surface area contributed by atoms with Crippen LogP contribution < -0.4 is 4.74 Å². The molecular weight excluding hydrogens is 544 g/mol. The Balaban J connectivity index is 1.49. The SMILES string of the molecule is Cc1cc(C)c2c(ccn2C(=O)OC(C)(C)C)c1O[C@@H]1CCN(C(=O)OC(C)(C)C)C[C@H]1c1ccc(-n2cccn2)cc1. The number of hydrogen-bond acceptors (Lipinski definition) is 6. The van der Waals surface area contributed by atoms with Gasteiger partial charge < -0.3 is 19.1 Å². The Kier molecular flexibility index (Phi) is 8.03. The number of benzene rings is 2. The Bertz CT molecular complexity index is 1610. The maximum atomic E-state index is 13.1. The van der Waals surface area contributed by atoms with Crippen LogP contribution in [0.2, 0.25) is 0 Å². The summed E-state index contributed by atoms with van der Waals surface area (Å²) in [4.78, 5) is 27.9. The Morgan fingerprint density at radius 3 is 2.19 bits per heavy atom. The van der Waals surface area contributed by atoms with E-state index >= 15 is 0 Å². The second-order valence-corrected chi connectivity index (χ2v) is 13.3. The molecule has 1 fully saturated rings. The molecule has 5 rings (SSSR count). The summed E-state index contributed by atoms with van der Waals surface area (Å²) in [5, 5.41) is 5.19. The molecule has 0 saturated carbocycles. The van der Waals surface area contributed by atoms with Gasteiger partial charge in [0.05, 0.1) is 11.2 Å². The molecule has 0 N–H and O–H groups in total. The third-order valence-electron chi connectivity index (χ3n) is 7.45. The molecule has 0 bridgehead atoms. The van der Waals surface area contributed by atoms with Crippen molar-refractivity contribution in [1.29, 1.82) is 0 Å². The van der Waals surface area contributed by atoms with Crippen molar-refractivity contribution in [2.24, 2.45) is 0 Å². The first-order chi connectivity index (χ1) is 20.2. The first-order valence-corrected chi connectivity index (χ1v) is 14.8. The largest absolute Gasteiger partial charge is 0.489 e. The standard InChI is InChI=1S/C34H42N4O5/c1-22-20-23(2)30(26-14-19-37(29(22)26)32(40)43-34(6,7)8)41-28-15-18-36(31(39)42-33(3,4)5)21-27(28)24-10-12-25(13-11-24)38-17-9-16-35-38/h9-14,16-17,19-20,27-28H,15,18,21H2,1-8H3/t27-,28+/m0/s1. The molecule has 0 unspecified atom stereocenters. The average molecular weight is 587 g/mol. The summed E-state index contributed by atoms with van der Waals surface area (Å²) in [7, 11) is 0. The third kappa shape index (κ3) is 6.71. The number of nitrogens with zero attached hydrogens (tertiary/aromatic N) is 4. The van der Waals surface area contributed by atoms with Gasteiger partial charge in [0.25, 0.3) is 0 Å². The Hall–Kier alpha value is -4.27. The van der Waals surface area contributed by atoms with Crippen molar-refractivity contribution in [2.75, 3.05) is 13.1 Å². The zero-order chi connectivity index (χ0) is 31.1. The molecule has 0 radical (unpaired) electrons. The van der Waals surface area contributed by atoms with Crippen LogP contribution >= 0.6 is 0 Å². The van der Waals surface area contributed by atoms with E-state index in [4.69, 9.17) is 14.2 Å². The van der Waals surface area contributed by atoms with E-state index in [-0.39, 0.29) is 18.1 Å². The molecular formula is C34H42N4O5. The van der Waals surface area contributed by atoms with E-state index in [1.807, 2.05) is 96.6 Å². The van der Waals surface area contributed by atoms with Gasteiger partial charge in [-0.15, -0.1) is 0 Å². The van der Waals surface area contributed by atoms with Gasteiger partial charge in [-0.05, 0) is 96.3 Å². The summed E-state index contributed by atoms with van der Waals surface area (Å²) in [5.41, 5.74) is 3.51. The summed E-state index contributed by atoms with van der Waals surface area (Å²) >= 11 is 0. The molecule has 2 aromatic carbocycles. The van der Waals surface area contributed by atoms with E-state index in [1.54, 1.807) is 21.9 Å². The number of aryl methyl sites for hydroxylation is 2. The van der Waals surface area contributed by atoms with Gasteiger partial charge in [-0.3, -0.25) is 4.57 Å². The van der Waals surface area contributed by atoms with E-state index < -0.39 is 17.3 Å². The summed E-state index contributed by atoms with van der Waals surface area (Å²) in [6, 6.07) is 14.1. The number of carbonyl (C=O) groups excluding carboxylic acids is 2. The summed E-state index contributed by atoms with van der Waals surface area (Å²) in [6.07, 6.45) is 5.04. The van der Waals surface area contributed by atoms with Crippen LogP contribution in [0.4, 0.5) is 9.59 Å². The maximum Gasteiger partial charge on any atom is 0.419 e. The van der Waals surface area contributed by atoms with Crippen LogP contribution in [0.1, 0.15) is 70.6 Å². The lowest BCUT2D eigenvalue weighted by atomic mass is 9.87. The highest BCUT2D eigenvalue weighted by atomic mass is 16.6. The van der Waals surface area contributed by atoms with Gasteiger partial charge in [0.1, 0.15) is 23.1 Å². The first-order valence-electron chi connectivity index (χ1n) is 14.8. The minimum atomic E-state index is -0.617. The molecule has 3 heterocycles. The number of likely N-dealkylation sites (tertiary alicyclic amines) is 1. The molecule has 9 heteroatoms. The van der Waals surface area contributed by atoms with Crippen molar-refractivity contribution in [1.82, 2.24) is 19.2 Å².